The van der Waals surface area contributed by atoms with Crippen LogP contribution in [0.1, 0.15) is 0 Å². The average molecular weight is 425 g/mol. The zero-order valence-electron chi connectivity index (χ0n) is 5.93. The number of hydrogen-bond acceptors (Lipinski definition) is 0. The predicted octanol–water partition coefficient (Wildman–Crippen LogP) is -17.7. The Hall–Kier alpha value is 3.88. The zero-order chi connectivity index (χ0) is 0. The Morgan fingerprint density at radius 1 is 0.250 bits per heavy atom. The van der Waals surface area contributed by atoms with Crippen molar-refractivity contribution in [2.75, 3.05) is 0 Å². The summed E-state index contributed by atoms with van der Waals surface area (Å²) >= 11 is 0. The summed E-state index contributed by atoms with van der Waals surface area (Å²) in [5.41, 5.74) is 0. The molecule has 0 saturated carbocycles. The van der Waals surface area contributed by atoms with Crippen molar-refractivity contribution >= 4 is 91.0 Å². The molecule has 0 atom stereocenters. The standard InChI is InChI=1S/4ClH.6H2O.2Sr/h4*1H;6*1H2;;/q;;;;;;;;;;2*+2/p-4. The van der Waals surface area contributed by atoms with E-state index >= 15 is 0 Å². The minimum Gasteiger partial charge on any atom is -1.00 e. The number of halogens is 4. The number of rotatable bonds is 0. The van der Waals surface area contributed by atoms with E-state index < -0.39 is 0 Å². The molecule has 0 spiro atoms. The van der Waals surface area contributed by atoms with Crippen molar-refractivity contribution in [3.05, 3.63) is 0 Å². The maximum Gasteiger partial charge on any atom is 2.00 e. The molecule has 0 rings (SSSR count). The maximum atomic E-state index is 0. The van der Waals surface area contributed by atoms with E-state index in [4.69, 9.17) is 0 Å². The van der Waals surface area contributed by atoms with E-state index in [0.29, 0.717) is 0 Å². The second-order valence-corrected chi connectivity index (χ2v) is 0. The van der Waals surface area contributed by atoms with Gasteiger partial charge in [0.1, 0.15) is 0 Å². The Morgan fingerprint density at radius 2 is 0.250 bits per heavy atom. The molecule has 12 heteroatoms. The molecule has 0 aromatic heterocycles. The summed E-state index contributed by atoms with van der Waals surface area (Å²) in [6.07, 6.45) is 0. The van der Waals surface area contributed by atoms with Crippen molar-refractivity contribution in [1.82, 2.24) is 0 Å². The van der Waals surface area contributed by atoms with E-state index in [2.05, 4.69) is 0 Å². The molecule has 0 heterocycles. The molecule has 0 radical (unpaired) electrons. The molecule has 0 aliphatic rings. The van der Waals surface area contributed by atoms with E-state index in [1.165, 1.54) is 0 Å². The molecular formula is H12Cl4O6Sr2. The SMILES string of the molecule is O.O.O.O.O.O.[Cl-].[Cl-].[Cl-].[Cl-].[Sr+2].[Sr+2]. The van der Waals surface area contributed by atoms with Crippen molar-refractivity contribution < 1.29 is 82.5 Å². The Bertz CT molecular complexity index is 17.5. The first-order valence-electron chi connectivity index (χ1n) is 0. The molecule has 0 aromatic carbocycles. The molecule has 0 aliphatic heterocycles. The van der Waals surface area contributed by atoms with Crippen molar-refractivity contribution in [1.29, 1.82) is 0 Å². The van der Waals surface area contributed by atoms with Crippen LogP contribution in [0.25, 0.3) is 0 Å². The van der Waals surface area contributed by atoms with Crippen LogP contribution in [0.5, 0.6) is 0 Å². The van der Waals surface area contributed by atoms with Crippen molar-refractivity contribution in [3.8, 4) is 0 Å². The minimum absolute atomic E-state index is 0. The Kier molecular flexibility index (Phi) is 3700. The number of hydrogen-bond donors (Lipinski definition) is 0. The fraction of sp³-hybridized carbons (Fsp3) is 0. The van der Waals surface area contributed by atoms with E-state index in [0.717, 1.165) is 0 Å². The van der Waals surface area contributed by atoms with Gasteiger partial charge in [-0.25, -0.2) is 0 Å². The van der Waals surface area contributed by atoms with E-state index in [1.54, 1.807) is 0 Å². The monoisotopic (exact) mass is 424 g/mol. The van der Waals surface area contributed by atoms with Crippen LogP contribution in [-0.4, -0.2) is 124 Å². The normalized spacial score (nSPS) is 0. The fourth-order valence-corrected chi connectivity index (χ4v) is 0. The first-order chi connectivity index (χ1) is 0. The summed E-state index contributed by atoms with van der Waals surface area (Å²) in [7, 11) is 0. The fourth-order valence-electron chi connectivity index (χ4n) is 0. The Balaban J connectivity index is 0. The third-order valence-corrected chi connectivity index (χ3v) is 0. The van der Waals surface area contributed by atoms with Crippen LogP contribution in [0, 0.1) is 0 Å². The minimum atomic E-state index is 0. The quantitative estimate of drug-likeness (QED) is 0.334. The topological polar surface area (TPSA) is 189 Å². The molecular weight excluding hydrogens is 413 g/mol. The molecule has 0 fully saturated rings. The van der Waals surface area contributed by atoms with Crippen LogP contribution in [0.4, 0.5) is 0 Å². The average Bonchev–Trinajstić information content (AvgIpc) is 0. The summed E-state index contributed by atoms with van der Waals surface area (Å²) in [4.78, 5) is 0. The van der Waals surface area contributed by atoms with Gasteiger partial charge in [-0.3, -0.25) is 0 Å². The second kappa shape index (κ2) is 190. The molecule has 12 heavy (non-hydrogen) atoms. The molecule has 0 unspecified atom stereocenters. The zero-order valence-corrected chi connectivity index (χ0v) is 15.9. The smallest absolute Gasteiger partial charge is 1.00 e. The third-order valence-electron chi connectivity index (χ3n) is 0. The van der Waals surface area contributed by atoms with Crippen molar-refractivity contribution in [2.24, 2.45) is 0 Å². The van der Waals surface area contributed by atoms with Crippen LogP contribution < -0.4 is 49.6 Å². The van der Waals surface area contributed by atoms with Crippen LogP contribution in [0.15, 0.2) is 0 Å². The van der Waals surface area contributed by atoms with Gasteiger partial charge in [0, 0.05) is 0 Å². The van der Waals surface area contributed by atoms with E-state index in [1.807, 2.05) is 0 Å². The van der Waals surface area contributed by atoms with Gasteiger partial charge in [-0.2, -0.15) is 0 Å². The Labute approximate surface area is 170 Å². The molecule has 0 bridgehead atoms. The molecule has 0 aliphatic carbocycles. The second-order valence-electron chi connectivity index (χ2n) is 0. The van der Waals surface area contributed by atoms with E-state index in [9.17, 15) is 0 Å². The first kappa shape index (κ1) is 233. The third kappa shape index (κ3) is 153. The molecule has 0 aromatic rings. The van der Waals surface area contributed by atoms with Crippen LogP contribution in [0.2, 0.25) is 0 Å². The van der Waals surface area contributed by atoms with Gasteiger partial charge in [0.15, 0.2) is 0 Å². The van der Waals surface area contributed by atoms with Gasteiger partial charge in [-0.05, 0) is 0 Å². The van der Waals surface area contributed by atoms with Gasteiger partial charge in [-0.15, -0.1) is 0 Å². The summed E-state index contributed by atoms with van der Waals surface area (Å²) in [6.45, 7) is 0. The van der Waals surface area contributed by atoms with Crippen molar-refractivity contribution in [3.63, 3.8) is 0 Å². The van der Waals surface area contributed by atoms with E-state index in [-0.39, 0.29) is 173 Å². The van der Waals surface area contributed by atoms with Gasteiger partial charge in [0.25, 0.3) is 0 Å². The molecule has 6 nitrogen and oxygen atoms in total. The Morgan fingerprint density at radius 3 is 0.250 bits per heavy atom. The molecule has 12 N–H and O–H groups in total. The van der Waals surface area contributed by atoms with Crippen LogP contribution in [-0.2, 0) is 0 Å². The first-order valence-corrected chi connectivity index (χ1v) is 0. The van der Waals surface area contributed by atoms with Crippen LogP contribution >= 0.6 is 0 Å². The van der Waals surface area contributed by atoms with Gasteiger partial charge in [0.05, 0.1) is 0 Å². The van der Waals surface area contributed by atoms with Gasteiger partial charge in [0.2, 0.25) is 0 Å². The summed E-state index contributed by atoms with van der Waals surface area (Å²) < 4.78 is 0. The molecule has 80 valence electrons. The molecule has 0 saturated heterocycles. The summed E-state index contributed by atoms with van der Waals surface area (Å²) in [5.74, 6) is 0. The van der Waals surface area contributed by atoms with Gasteiger partial charge in [-0.1, -0.05) is 0 Å². The van der Waals surface area contributed by atoms with Gasteiger partial charge >= 0.3 is 91.0 Å². The maximum absolute atomic E-state index is 0. The summed E-state index contributed by atoms with van der Waals surface area (Å²) in [5, 5.41) is 0. The summed E-state index contributed by atoms with van der Waals surface area (Å²) in [6, 6.07) is 0. The molecule has 0 amide bonds. The largest absolute Gasteiger partial charge is 2.00 e. The van der Waals surface area contributed by atoms with Crippen LogP contribution in [0.3, 0.4) is 0 Å². The van der Waals surface area contributed by atoms with Crippen molar-refractivity contribution in [2.45, 2.75) is 0 Å². The predicted molar refractivity (Wildman–Crippen MR) is 33.2 cm³/mol. The van der Waals surface area contributed by atoms with Gasteiger partial charge < -0.3 is 82.5 Å².